The number of aromatic carboxylic acids is 1. The van der Waals surface area contributed by atoms with Gasteiger partial charge in [-0.05, 0) is 61.4 Å². The second-order valence-corrected chi connectivity index (χ2v) is 7.44. The molecule has 0 amide bonds. The van der Waals surface area contributed by atoms with E-state index in [-0.39, 0.29) is 5.56 Å². The predicted octanol–water partition coefficient (Wildman–Crippen LogP) is 6.09. The molecule has 0 fully saturated rings. The molecular weight excluding hydrogens is 418 g/mol. The van der Waals surface area contributed by atoms with Crippen molar-refractivity contribution in [1.29, 1.82) is 0 Å². The van der Waals surface area contributed by atoms with Crippen LogP contribution in [0, 0.1) is 13.8 Å². The van der Waals surface area contributed by atoms with Gasteiger partial charge in [-0.3, -0.25) is 4.99 Å². The quantitative estimate of drug-likeness (QED) is 0.474. The molecule has 0 atom stereocenters. The van der Waals surface area contributed by atoms with Gasteiger partial charge in [0.05, 0.1) is 11.3 Å². The fourth-order valence-electron chi connectivity index (χ4n) is 2.75. The summed E-state index contributed by atoms with van der Waals surface area (Å²) < 4.78 is 6.89. The second-order valence-electron chi connectivity index (χ2n) is 6.52. The van der Waals surface area contributed by atoms with Gasteiger partial charge in [-0.2, -0.15) is 0 Å². The Morgan fingerprint density at radius 2 is 1.82 bits per heavy atom. The number of benzene rings is 3. The first-order valence-electron chi connectivity index (χ1n) is 8.78. The number of rotatable bonds is 6. The first kappa shape index (κ1) is 19.8. The molecule has 1 N–H and O–H groups in total. The SMILES string of the molecule is Cc1ccc(N=Cc2cc(Br)ccc2OCc2ccc(C(=O)O)cc2)c(C)c1. The summed E-state index contributed by atoms with van der Waals surface area (Å²) in [5, 5.41) is 8.98. The van der Waals surface area contributed by atoms with Crippen LogP contribution in [0.15, 0.2) is 70.1 Å². The topological polar surface area (TPSA) is 58.9 Å². The molecule has 0 aromatic heterocycles. The lowest BCUT2D eigenvalue weighted by Crippen LogP contribution is -2.00. The number of ether oxygens (including phenoxy) is 1. The third-order valence-corrected chi connectivity index (χ3v) is 4.76. The van der Waals surface area contributed by atoms with Crippen LogP contribution in [-0.4, -0.2) is 17.3 Å². The molecule has 0 aliphatic carbocycles. The lowest BCUT2D eigenvalue weighted by molar-refractivity contribution is 0.0697. The van der Waals surface area contributed by atoms with Gasteiger partial charge >= 0.3 is 5.97 Å². The maximum Gasteiger partial charge on any atom is 0.335 e. The molecule has 0 spiro atoms. The van der Waals surface area contributed by atoms with Crippen molar-refractivity contribution in [3.63, 3.8) is 0 Å². The Kier molecular flexibility index (Phi) is 6.26. The number of nitrogens with zero attached hydrogens (tertiary/aromatic N) is 1. The van der Waals surface area contributed by atoms with Gasteiger partial charge in [0.25, 0.3) is 0 Å². The molecule has 3 aromatic rings. The van der Waals surface area contributed by atoms with Crippen molar-refractivity contribution in [2.24, 2.45) is 4.99 Å². The molecule has 0 bridgehead atoms. The van der Waals surface area contributed by atoms with Gasteiger partial charge in [0.2, 0.25) is 0 Å². The highest BCUT2D eigenvalue weighted by Crippen LogP contribution is 2.25. The fourth-order valence-corrected chi connectivity index (χ4v) is 3.12. The number of carboxylic acid groups (broad SMARTS) is 1. The zero-order valence-corrected chi connectivity index (χ0v) is 17.2. The maximum absolute atomic E-state index is 10.9. The molecule has 4 nitrogen and oxygen atoms in total. The molecule has 3 aromatic carbocycles. The van der Waals surface area contributed by atoms with Crippen LogP contribution in [0.1, 0.15) is 32.6 Å². The van der Waals surface area contributed by atoms with Gasteiger partial charge in [-0.1, -0.05) is 45.8 Å². The number of hydrogen-bond acceptors (Lipinski definition) is 3. The summed E-state index contributed by atoms with van der Waals surface area (Å²) in [4.78, 5) is 15.6. The van der Waals surface area contributed by atoms with E-state index < -0.39 is 5.97 Å². The van der Waals surface area contributed by atoms with Crippen LogP contribution in [0.5, 0.6) is 5.75 Å². The van der Waals surface area contributed by atoms with Gasteiger partial charge in [0.1, 0.15) is 12.4 Å². The van der Waals surface area contributed by atoms with Crippen molar-refractivity contribution in [3.05, 3.63) is 93.0 Å². The van der Waals surface area contributed by atoms with E-state index in [2.05, 4.69) is 33.9 Å². The molecule has 5 heteroatoms. The lowest BCUT2D eigenvalue weighted by atomic mass is 10.1. The third-order valence-electron chi connectivity index (χ3n) is 4.26. The number of carbonyl (C=O) groups is 1. The van der Waals surface area contributed by atoms with E-state index in [0.717, 1.165) is 26.9 Å². The number of halogens is 1. The van der Waals surface area contributed by atoms with Crippen LogP contribution in [0.25, 0.3) is 0 Å². The van der Waals surface area contributed by atoms with Gasteiger partial charge in [0, 0.05) is 16.3 Å². The second kappa shape index (κ2) is 8.85. The van der Waals surface area contributed by atoms with Gasteiger partial charge in [-0.15, -0.1) is 0 Å². The highest BCUT2D eigenvalue weighted by atomic mass is 79.9. The Morgan fingerprint density at radius 1 is 1.07 bits per heavy atom. The molecule has 0 saturated carbocycles. The van der Waals surface area contributed by atoms with Crippen molar-refractivity contribution in [1.82, 2.24) is 0 Å². The van der Waals surface area contributed by atoms with Crippen LogP contribution in [0.2, 0.25) is 0 Å². The van der Waals surface area contributed by atoms with E-state index in [1.165, 1.54) is 5.56 Å². The molecule has 0 radical (unpaired) electrons. The fraction of sp³-hybridized carbons (Fsp3) is 0.130. The van der Waals surface area contributed by atoms with Gasteiger partial charge in [0.15, 0.2) is 0 Å². The molecule has 0 saturated heterocycles. The molecular formula is C23H20BrNO3. The summed E-state index contributed by atoms with van der Waals surface area (Å²) in [5.74, 6) is -0.232. The third kappa shape index (κ3) is 5.08. The molecule has 0 aliphatic rings. The monoisotopic (exact) mass is 437 g/mol. The van der Waals surface area contributed by atoms with Crippen LogP contribution in [-0.2, 0) is 6.61 Å². The van der Waals surface area contributed by atoms with Crippen molar-refractivity contribution >= 4 is 33.8 Å². The molecule has 0 heterocycles. The molecule has 142 valence electrons. The van der Waals surface area contributed by atoms with E-state index >= 15 is 0 Å². The summed E-state index contributed by atoms with van der Waals surface area (Å²) in [7, 11) is 0. The maximum atomic E-state index is 10.9. The summed E-state index contributed by atoms with van der Waals surface area (Å²) in [6.07, 6.45) is 1.80. The van der Waals surface area contributed by atoms with E-state index in [1.807, 2.05) is 37.3 Å². The Morgan fingerprint density at radius 3 is 2.50 bits per heavy atom. The summed E-state index contributed by atoms with van der Waals surface area (Å²) in [6.45, 7) is 4.44. The van der Waals surface area contributed by atoms with Crippen molar-refractivity contribution < 1.29 is 14.6 Å². The van der Waals surface area contributed by atoms with E-state index in [1.54, 1.807) is 30.5 Å². The highest BCUT2D eigenvalue weighted by Gasteiger charge is 2.06. The summed E-state index contributed by atoms with van der Waals surface area (Å²) in [6, 6.07) is 18.6. The first-order chi connectivity index (χ1) is 13.4. The Hall–Kier alpha value is -2.92. The molecule has 0 unspecified atom stereocenters. The largest absolute Gasteiger partial charge is 0.488 e. The van der Waals surface area contributed by atoms with E-state index in [4.69, 9.17) is 9.84 Å². The first-order valence-corrected chi connectivity index (χ1v) is 9.57. The minimum atomic E-state index is -0.940. The standard InChI is InChI=1S/C23H20BrNO3/c1-15-3-9-21(16(2)11-15)25-13-19-12-20(24)8-10-22(19)28-14-17-4-6-18(7-5-17)23(26)27/h3-13H,14H2,1-2H3,(H,26,27). The normalized spacial score (nSPS) is 11.0. The van der Waals surface area contributed by atoms with Crippen LogP contribution in [0.3, 0.4) is 0 Å². The highest BCUT2D eigenvalue weighted by molar-refractivity contribution is 9.10. The minimum Gasteiger partial charge on any atom is -0.488 e. The molecule has 3 rings (SSSR count). The smallest absolute Gasteiger partial charge is 0.335 e. The number of aryl methyl sites for hydroxylation is 2. The van der Waals surface area contributed by atoms with Crippen molar-refractivity contribution in [2.75, 3.05) is 0 Å². The minimum absolute atomic E-state index is 0.258. The molecule has 0 aliphatic heterocycles. The van der Waals surface area contributed by atoms with Crippen molar-refractivity contribution in [2.45, 2.75) is 20.5 Å². The lowest BCUT2D eigenvalue weighted by Gasteiger charge is -2.10. The van der Waals surface area contributed by atoms with Gasteiger partial charge < -0.3 is 9.84 Å². The van der Waals surface area contributed by atoms with Crippen LogP contribution in [0.4, 0.5) is 5.69 Å². The zero-order chi connectivity index (χ0) is 20.1. The Balaban J connectivity index is 1.78. The number of hydrogen-bond donors (Lipinski definition) is 1. The number of carboxylic acids is 1. The van der Waals surface area contributed by atoms with Crippen LogP contribution < -0.4 is 4.74 Å². The predicted molar refractivity (Wildman–Crippen MR) is 115 cm³/mol. The zero-order valence-electron chi connectivity index (χ0n) is 15.6. The Labute approximate surface area is 172 Å². The number of aliphatic imine (C=N–C) groups is 1. The summed E-state index contributed by atoms with van der Waals surface area (Å²) in [5.41, 5.74) is 5.25. The molecule has 28 heavy (non-hydrogen) atoms. The average Bonchev–Trinajstić information content (AvgIpc) is 2.67. The Bertz CT molecular complexity index is 1030. The van der Waals surface area contributed by atoms with E-state index in [0.29, 0.717) is 12.4 Å². The van der Waals surface area contributed by atoms with Crippen LogP contribution >= 0.6 is 15.9 Å². The van der Waals surface area contributed by atoms with Crippen molar-refractivity contribution in [3.8, 4) is 5.75 Å². The van der Waals surface area contributed by atoms with E-state index in [9.17, 15) is 4.79 Å². The summed E-state index contributed by atoms with van der Waals surface area (Å²) >= 11 is 3.49. The van der Waals surface area contributed by atoms with Gasteiger partial charge in [-0.25, -0.2) is 4.79 Å². The average molecular weight is 438 g/mol.